The van der Waals surface area contributed by atoms with E-state index in [1.54, 1.807) is 19.2 Å². The summed E-state index contributed by atoms with van der Waals surface area (Å²) in [6.07, 6.45) is 0. The average Bonchev–Trinajstić information content (AvgIpc) is 2.46. The van der Waals surface area contributed by atoms with Gasteiger partial charge in [0.2, 0.25) is 0 Å². The molecule has 0 aliphatic rings. The molecule has 0 heterocycles. The van der Waals surface area contributed by atoms with Gasteiger partial charge in [0.05, 0.1) is 7.11 Å². The predicted octanol–water partition coefficient (Wildman–Crippen LogP) is 5.48. The van der Waals surface area contributed by atoms with Crippen LogP contribution >= 0.6 is 39.1 Å². The first kappa shape index (κ1) is 15.5. The van der Waals surface area contributed by atoms with Gasteiger partial charge in [0.1, 0.15) is 18.1 Å². The lowest BCUT2D eigenvalue weighted by atomic mass is 10.2. The molecule has 2 aromatic rings. The van der Waals surface area contributed by atoms with Crippen LogP contribution in [0.5, 0.6) is 11.5 Å². The van der Waals surface area contributed by atoms with E-state index in [0.29, 0.717) is 22.0 Å². The van der Waals surface area contributed by atoms with Crippen LogP contribution in [0.3, 0.4) is 0 Å². The molecule has 0 aliphatic heterocycles. The van der Waals surface area contributed by atoms with Crippen molar-refractivity contribution < 1.29 is 9.47 Å². The Labute approximate surface area is 136 Å². The third-order valence-electron chi connectivity index (χ3n) is 2.81. The summed E-state index contributed by atoms with van der Waals surface area (Å²) in [5.41, 5.74) is 1.92. The van der Waals surface area contributed by atoms with Gasteiger partial charge in [-0.15, -0.1) is 0 Å². The molecule has 0 amide bonds. The van der Waals surface area contributed by atoms with Gasteiger partial charge in [-0.25, -0.2) is 0 Å². The van der Waals surface area contributed by atoms with Crippen molar-refractivity contribution in [3.8, 4) is 11.5 Å². The van der Waals surface area contributed by atoms with Gasteiger partial charge in [0.25, 0.3) is 0 Å². The number of methoxy groups -OCH3 is 1. The summed E-state index contributed by atoms with van der Waals surface area (Å²) in [5, 5.41) is 1.91. The highest BCUT2D eigenvalue weighted by atomic mass is 79.9. The first-order chi connectivity index (χ1) is 9.63. The first-order valence-corrected chi connectivity index (χ1v) is 7.81. The zero-order valence-corrected chi connectivity index (χ0v) is 13.9. The largest absolute Gasteiger partial charge is 0.497 e. The molecule has 0 N–H and O–H groups in total. The number of hydrogen-bond acceptors (Lipinski definition) is 2. The Balaban J connectivity index is 2.14. The Kier molecular flexibility index (Phi) is 5.58. The van der Waals surface area contributed by atoms with Crippen molar-refractivity contribution in [2.45, 2.75) is 11.9 Å². The van der Waals surface area contributed by atoms with Gasteiger partial charge in [-0.1, -0.05) is 45.2 Å². The molecule has 2 rings (SSSR count). The Morgan fingerprint density at radius 3 is 2.50 bits per heavy atom. The van der Waals surface area contributed by atoms with Crippen molar-refractivity contribution in [3.05, 3.63) is 57.6 Å². The van der Waals surface area contributed by atoms with E-state index in [1.165, 1.54) is 0 Å². The molecule has 0 saturated carbocycles. The van der Waals surface area contributed by atoms with E-state index in [9.17, 15) is 0 Å². The summed E-state index contributed by atoms with van der Waals surface area (Å²) in [7, 11) is 1.64. The molecule has 0 unspecified atom stereocenters. The van der Waals surface area contributed by atoms with Gasteiger partial charge in [0.15, 0.2) is 0 Å². The minimum Gasteiger partial charge on any atom is -0.497 e. The van der Waals surface area contributed by atoms with Crippen LogP contribution < -0.4 is 9.47 Å². The lowest BCUT2D eigenvalue weighted by Crippen LogP contribution is -1.99. The lowest BCUT2D eigenvalue weighted by Gasteiger charge is -2.12. The first-order valence-electron chi connectivity index (χ1n) is 5.93. The molecule has 0 bridgehead atoms. The van der Waals surface area contributed by atoms with Crippen LogP contribution in [0, 0.1) is 0 Å². The van der Waals surface area contributed by atoms with Gasteiger partial charge >= 0.3 is 0 Å². The van der Waals surface area contributed by atoms with E-state index >= 15 is 0 Å². The second kappa shape index (κ2) is 7.21. The van der Waals surface area contributed by atoms with Gasteiger partial charge < -0.3 is 9.47 Å². The maximum Gasteiger partial charge on any atom is 0.124 e. The van der Waals surface area contributed by atoms with Gasteiger partial charge in [-0.2, -0.15) is 0 Å². The molecule has 5 heteroatoms. The lowest BCUT2D eigenvalue weighted by molar-refractivity contribution is 0.303. The minimum atomic E-state index is 0.391. The molecule has 0 saturated heterocycles. The van der Waals surface area contributed by atoms with Crippen LogP contribution in [0.2, 0.25) is 10.0 Å². The fourth-order valence-electron chi connectivity index (χ4n) is 1.72. The molecule has 2 nitrogen and oxygen atoms in total. The van der Waals surface area contributed by atoms with Crippen LogP contribution in [0.15, 0.2) is 36.4 Å². The summed E-state index contributed by atoms with van der Waals surface area (Å²) in [4.78, 5) is 0. The van der Waals surface area contributed by atoms with Crippen molar-refractivity contribution in [1.82, 2.24) is 0 Å². The number of rotatable bonds is 5. The molecule has 0 aliphatic carbocycles. The second-order valence-corrected chi connectivity index (χ2v) is 5.54. The Hall–Kier alpha value is -0.900. The van der Waals surface area contributed by atoms with Gasteiger partial charge in [-0.05, 0) is 30.3 Å². The number of hydrogen-bond donors (Lipinski definition) is 0. The highest BCUT2D eigenvalue weighted by Gasteiger charge is 2.07. The highest BCUT2D eigenvalue weighted by Crippen LogP contribution is 2.28. The third-order valence-corrected chi connectivity index (χ3v) is 4.00. The molecule has 2 aromatic carbocycles. The van der Waals surface area contributed by atoms with Gasteiger partial charge in [-0.3, -0.25) is 0 Å². The van der Waals surface area contributed by atoms with E-state index in [0.717, 1.165) is 22.6 Å². The number of benzene rings is 2. The summed E-state index contributed by atoms with van der Waals surface area (Å²) in [5.74, 6) is 1.60. The SMILES string of the molecule is COc1ccc(OCc2ccc(Cl)cc2Cl)c(CBr)c1. The number of alkyl halides is 1. The van der Waals surface area contributed by atoms with Gasteiger partial charge in [0, 0.05) is 26.5 Å². The molecular formula is C15H13BrCl2O2. The second-order valence-electron chi connectivity index (χ2n) is 4.13. The van der Waals surface area contributed by atoms with E-state index in [1.807, 2.05) is 24.3 Å². The Morgan fingerprint density at radius 2 is 1.85 bits per heavy atom. The van der Waals surface area contributed by atoms with Crippen molar-refractivity contribution in [2.24, 2.45) is 0 Å². The molecule has 20 heavy (non-hydrogen) atoms. The van der Waals surface area contributed by atoms with E-state index in [4.69, 9.17) is 32.7 Å². The maximum absolute atomic E-state index is 6.12. The number of ether oxygens (including phenoxy) is 2. The van der Waals surface area contributed by atoms with Crippen LogP contribution in [0.4, 0.5) is 0 Å². The average molecular weight is 376 g/mol. The zero-order valence-electron chi connectivity index (χ0n) is 10.8. The molecule has 0 aromatic heterocycles. The van der Waals surface area contributed by atoms with Crippen LogP contribution in [0.25, 0.3) is 0 Å². The quantitative estimate of drug-likeness (QED) is 0.644. The summed E-state index contributed by atoms with van der Waals surface area (Å²) in [6, 6.07) is 11.1. The van der Waals surface area contributed by atoms with E-state index < -0.39 is 0 Å². The summed E-state index contributed by atoms with van der Waals surface area (Å²) < 4.78 is 11.0. The monoisotopic (exact) mass is 374 g/mol. The topological polar surface area (TPSA) is 18.5 Å². The number of halogens is 3. The molecule has 0 spiro atoms. The summed E-state index contributed by atoms with van der Waals surface area (Å²) >= 11 is 15.4. The molecular weight excluding hydrogens is 363 g/mol. The Morgan fingerprint density at radius 1 is 1.05 bits per heavy atom. The van der Waals surface area contributed by atoms with Crippen molar-refractivity contribution >= 4 is 39.1 Å². The molecule has 0 radical (unpaired) electrons. The van der Waals surface area contributed by atoms with Crippen molar-refractivity contribution in [3.63, 3.8) is 0 Å². The van der Waals surface area contributed by atoms with Crippen LogP contribution in [0.1, 0.15) is 11.1 Å². The van der Waals surface area contributed by atoms with Crippen molar-refractivity contribution in [1.29, 1.82) is 0 Å². The minimum absolute atomic E-state index is 0.391. The maximum atomic E-state index is 6.12. The fraction of sp³-hybridized carbons (Fsp3) is 0.200. The highest BCUT2D eigenvalue weighted by molar-refractivity contribution is 9.08. The van der Waals surface area contributed by atoms with E-state index in [-0.39, 0.29) is 0 Å². The summed E-state index contributed by atoms with van der Waals surface area (Å²) in [6.45, 7) is 0.391. The smallest absolute Gasteiger partial charge is 0.124 e. The molecule has 0 fully saturated rings. The zero-order chi connectivity index (χ0) is 14.5. The van der Waals surface area contributed by atoms with Crippen LogP contribution in [-0.2, 0) is 11.9 Å². The molecule has 0 atom stereocenters. The Bertz CT molecular complexity index is 602. The van der Waals surface area contributed by atoms with Crippen LogP contribution in [-0.4, -0.2) is 7.11 Å². The fourth-order valence-corrected chi connectivity index (χ4v) is 2.62. The van der Waals surface area contributed by atoms with Crippen molar-refractivity contribution in [2.75, 3.05) is 7.11 Å². The van der Waals surface area contributed by atoms with E-state index in [2.05, 4.69) is 15.9 Å². The normalized spacial score (nSPS) is 10.4. The third kappa shape index (κ3) is 3.81. The molecule has 106 valence electrons. The standard InChI is InChI=1S/C15H13BrCl2O2/c1-19-13-4-5-15(11(6-13)8-16)20-9-10-2-3-12(17)7-14(10)18/h2-7H,8-9H2,1H3. The predicted molar refractivity (Wildman–Crippen MR) is 86.4 cm³/mol.